The summed E-state index contributed by atoms with van der Waals surface area (Å²) in [6.07, 6.45) is 2.42. The molecule has 7 nitrogen and oxygen atoms in total. The second kappa shape index (κ2) is 9.17. The zero-order valence-electron chi connectivity index (χ0n) is 15.7. The number of hydrogen-bond acceptors (Lipinski definition) is 6. The van der Waals surface area contributed by atoms with Crippen LogP contribution in [-0.2, 0) is 19.1 Å². The molecule has 1 aromatic carbocycles. The van der Waals surface area contributed by atoms with Crippen molar-refractivity contribution in [3.63, 3.8) is 0 Å². The molecule has 0 N–H and O–H groups in total. The minimum atomic E-state index is -0.411. The van der Waals surface area contributed by atoms with E-state index in [4.69, 9.17) is 14.7 Å². The highest BCUT2D eigenvalue weighted by atomic mass is 16.5. The number of carbonyl (C=O) groups is 3. The van der Waals surface area contributed by atoms with Crippen molar-refractivity contribution in [2.45, 2.75) is 46.0 Å². The Balaban J connectivity index is 2.06. The van der Waals surface area contributed by atoms with Crippen molar-refractivity contribution in [3.8, 4) is 11.8 Å². The Labute approximate surface area is 158 Å². The van der Waals surface area contributed by atoms with E-state index in [0.29, 0.717) is 11.4 Å². The van der Waals surface area contributed by atoms with Gasteiger partial charge in [0.25, 0.3) is 0 Å². The Bertz CT molecular complexity index is 732. The number of carbonyl (C=O) groups excluding carboxylic acids is 3. The minimum absolute atomic E-state index is 0.0279. The second-order valence-corrected chi connectivity index (χ2v) is 6.73. The average molecular weight is 372 g/mol. The van der Waals surface area contributed by atoms with Gasteiger partial charge in [0.1, 0.15) is 12.2 Å². The first-order valence-corrected chi connectivity index (χ1v) is 9.05. The van der Waals surface area contributed by atoms with Crippen LogP contribution in [0.3, 0.4) is 0 Å². The summed E-state index contributed by atoms with van der Waals surface area (Å²) in [6, 6.07) is 8.29. The van der Waals surface area contributed by atoms with Gasteiger partial charge < -0.3 is 14.4 Å². The number of benzene rings is 1. The molecular weight excluding hydrogens is 348 g/mol. The molecule has 0 heterocycles. The number of hydrogen-bond donors (Lipinski definition) is 0. The third-order valence-electron chi connectivity index (χ3n) is 4.69. The van der Waals surface area contributed by atoms with Crippen LogP contribution in [0, 0.1) is 16.7 Å². The van der Waals surface area contributed by atoms with Crippen LogP contribution in [0.2, 0.25) is 0 Å². The van der Waals surface area contributed by atoms with Gasteiger partial charge in [0.05, 0.1) is 24.5 Å². The smallest absolute Gasteiger partial charge is 0.317 e. The molecule has 0 aliphatic heterocycles. The van der Waals surface area contributed by atoms with Gasteiger partial charge in [-0.1, -0.05) is 6.42 Å². The molecule has 0 saturated heterocycles. The van der Waals surface area contributed by atoms with Crippen LogP contribution in [0.4, 0.5) is 5.69 Å². The van der Waals surface area contributed by atoms with Crippen molar-refractivity contribution < 1.29 is 23.9 Å². The summed E-state index contributed by atoms with van der Waals surface area (Å²) in [6.45, 7) is 3.98. The second-order valence-electron chi connectivity index (χ2n) is 6.73. The van der Waals surface area contributed by atoms with E-state index >= 15 is 0 Å². The van der Waals surface area contributed by atoms with Gasteiger partial charge in [-0.15, -0.1) is 0 Å². The summed E-state index contributed by atoms with van der Waals surface area (Å²) < 4.78 is 10.3. The van der Waals surface area contributed by atoms with Crippen molar-refractivity contribution in [1.29, 1.82) is 5.26 Å². The highest BCUT2D eigenvalue weighted by Crippen LogP contribution is 2.41. The summed E-state index contributed by atoms with van der Waals surface area (Å²) in [7, 11) is 0. The Morgan fingerprint density at radius 2 is 1.89 bits per heavy atom. The molecule has 0 bridgehead atoms. The number of rotatable bonds is 8. The maximum Gasteiger partial charge on any atom is 0.317 e. The van der Waals surface area contributed by atoms with Crippen molar-refractivity contribution >= 4 is 23.5 Å². The third kappa shape index (κ3) is 5.30. The Kier molecular flexibility index (Phi) is 6.94. The van der Waals surface area contributed by atoms with Gasteiger partial charge in [0, 0.05) is 12.2 Å². The molecule has 1 aromatic rings. The fourth-order valence-corrected chi connectivity index (χ4v) is 2.83. The van der Waals surface area contributed by atoms with Crippen molar-refractivity contribution in [2.24, 2.45) is 5.41 Å². The average Bonchev–Trinajstić information content (AvgIpc) is 2.61. The normalized spacial score (nSPS) is 14.4. The van der Waals surface area contributed by atoms with Gasteiger partial charge in [-0.2, -0.15) is 5.26 Å². The minimum Gasteiger partial charge on any atom is -0.466 e. The van der Waals surface area contributed by atoms with Gasteiger partial charge in [0.2, 0.25) is 5.91 Å². The van der Waals surface area contributed by atoms with Crippen LogP contribution in [0.25, 0.3) is 0 Å². The van der Waals surface area contributed by atoms with E-state index in [9.17, 15) is 14.4 Å². The Morgan fingerprint density at radius 1 is 1.22 bits per heavy atom. The first-order chi connectivity index (χ1) is 12.9. The van der Waals surface area contributed by atoms with E-state index in [0.717, 1.165) is 19.3 Å². The quantitative estimate of drug-likeness (QED) is 0.514. The Morgan fingerprint density at radius 3 is 2.41 bits per heavy atom. The topological polar surface area (TPSA) is 96.7 Å². The van der Waals surface area contributed by atoms with Crippen molar-refractivity contribution in [2.75, 3.05) is 18.1 Å². The summed E-state index contributed by atoms with van der Waals surface area (Å²) in [4.78, 5) is 37.4. The summed E-state index contributed by atoms with van der Waals surface area (Å²) >= 11 is 0. The molecule has 1 saturated carbocycles. The fourth-order valence-electron chi connectivity index (χ4n) is 2.83. The molecule has 1 fully saturated rings. The summed E-state index contributed by atoms with van der Waals surface area (Å²) in [5.74, 6) is -0.670. The standard InChI is InChI=1S/C20H24N2O5/c1-3-26-18(24)10-14-22(17(23)9-13-21)15-5-7-16(8-6-15)27-19(25)20(2)11-4-12-20/h5-8H,3-4,9-12,14H2,1-2H3. The molecule has 7 heteroatoms. The van der Waals surface area contributed by atoms with Crippen molar-refractivity contribution in [3.05, 3.63) is 24.3 Å². The fraction of sp³-hybridized carbons (Fsp3) is 0.500. The monoisotopic (exact) mass is 372 g/mol. The molecule has 0 radical (unpaired) electrons. The summed E-state index contributed by atoms with van der Waals surface area (Å²) in [5.41, 5.74) is 0.113. The molecule has 0 unspecified atom stereocenters. The van der Waals surface area contributed by atoms with Crippen LogP contribution < -0.4 is 9.64 Å². The molecule has 1 amide bonds. The lowest BCUT2D eigenvalue weighted by molar-refractivity contribution is -0.149. The number of nitriles is 1. The first-order valence-electron chi connectivity index (χ1n) is 9.05. The van der Waals surface area contributed by atoms with Crippen molar-refractivity contribution in [1.82, 2.24) is 0 Å². The number of ether oxygens (including phenoxy) is 2. The van der Waals surface area contributed by atoms with E-state index in [1.54, 1.807) is 31.2 Å². The number of esters is 2. The molecule has 0 atom stereocenters. The molecule has 1 aliphatic carbocycles. The van der Waals surface area contributed by atoms with Gasteiger partial charge >= 0.3 is 11.9 Å². The van der Waals surface area contributed by atoms with E-state index in [2.05, 4.69) is 0 Å². The molecule has 2 rings (SSSR count). The van der Waals surface area contributed by atoms with Crippen LogP contribution in [0.15, 0.2) is 24.3 Å². The molecule has 0 spiro atoms. The lowest BCUT2D eigenvalue weighted by atomic mass is 9.70. The molecule has 27 heavy (non-hydrogen) atoms. The highest BCUT2D eigenvalue weighted by molar-refractivity contribution is 5.95. The number of amides is 1. The predicted octanol–water partition coefficient (Wildman–Crippen LogP) is 2.98. The highest BCUT2D eigenvalue weighted by Gasteiger charge is 2.41. The van der Waals surface area contributed by atoms with E-state index < -0.39 is 17.3 Å². The van der Waals surface area contributed by atoms with Gasteiger partial charge in [0.15, 0.2) is 0 Å². The molecule has 0 aromatic heterocycles. The summed E-state index contributed by atoms with van der Waals surface area (Å²) in [5, 5.41) is 8.80. The maximum absolute atomic E-state index is 12.2. The molecule has 1 aliphatic rings. The lowest BCUT2D eigenvalue weighted by Crippen LogP contribution is -2.38. The molecular formula is C20H24N2O5. The maximum atomic E-state index is 12.2. The van der Waals surface area contributed by atoms with Crippen LogP contribution in [-0.4, -0.2) is 31.0 Å². The van der Waals surface area contributed by atoms with E-state index in [1.165, 1.54) is 4.90 Å². The van der Waals surface area contributed by atoms with Crippen LogP contribution in [0.5, 0.6) is 5.75 Å². The van der Waals surface area contributed by atoms with Crippen LogP contribution >= 0.6 is 0 Å². The largest absolute Gasteiger partial charge is 0.466 e. The number of nitrogens with zero attached hydrogens (tertiary/aromatic N) is 2. The predicted molar refractivity (Wildman–Crippen MR) is 97.9 cm³/mol. The lowest BCUT2D eigenvalue weighted by Gasteiger charge is -2.35. The Hall–Kier alpha value is -2.88. The van der Waals surface area contributed by atoms with Gasteiger partial charge in [-0.3, -0.25) is 14.4 Å². The SMILES string of the molecule is CCOC(=O)CCN(C(=O)CC#N)c1ccc(OC(=O)C2(C)CCC2)cc1. The van der Waals surface area contributed by atoms with Gasteiger partial charge in [-0.05, 0) is 51.0 Å². The molecule has 144 valence electrons. The first kappa shape index (κ1) is 20.4. The van der Waals surface area contributed by atoms with Gasteiger partial charge in [-0.25, -0.2) is 0 Å². The van der Waals surface area contributed by atoms with E-state index in [1.807, 2.05) is 13.0 Å². The van der Waals surface area contributed by atoms with Crippen LogP contribution in [0.1, 0.15) is 46.0 Å². The van der Waals surface area contributed by atoms with E-state index in [-0.39, 0.29) is 32.0 Å². The third-order valence-corrected chi connectivity index (χ3v) is 4.69. The zero-order chi connectivity index (χ0) is 19.9. The zero-order valence-corrected chi connectivity index (χ0v) is 15.7. The number of anilines is 1.